The van der Waals surface area contributed by atoms with Gasteiger partial charge in [-0.05, 0) is 5.92 Å². The molecule has 1 aromatic heterocycles. The predicted octanol–water partition coefficient (Wildman–Crippen LogP) is 2.11. The summed E-state index contributed by atoms with van der Waals surface area (Å²) in [5, 5.41) is 10.4. The van der Waals surface area contributed by atoms with E-state index in [1.807, 2.05) is 13.8 Å². The van der Waals surface area contributed by atoms with Crippen molar-refractivity contribution in [2.75, 3.05) is 0 Å². The maximum Gasteiger partial charge on any atom is 0.272 e. The molecule has 0 bridgehead atoms. The first-order valence-corrected chi connectivity index (χ1v) is 3.71. The maximum absolute atomic E-state index is 10.4. The molecule has 0 N–H and O–H groups in total. The second-order valence-electron chi connectivity index (χ2n) is 2.85. The fourth-order valence-electron chi connectivity index (χ4n) is 0.866. The summed E-state index contributed by atoms with van der Waals surface area (Å²) in [6.45, 7) is 3.90. The first-order chi connectivity index (χ1) is 5.61. The molecule has 0 atom stereocenters. The van der Waals surface area contributed by atoms with Crippen LogP contribution < -0.4 is 0 Å². The lowest BCUT2D eigenvalue weighted by Crippen LogP contribution is -1.94. The summed E-state index contributed by atoms with van der Waals surface area (Å²) in [5.74, 6) is 0.227. The Labute approximate surface area is 70.4 Å². The van der Waals surface area contributed by atoms with Crippen molar-refractivity contribution in [1.29, 1.82) is 0 Å². The molecule has 0 fully saturated rings. The van der Waals surface area contributed by atoms with E-state index in [0.29, 0.717) is 0 Å². The molecule has 0 amide bonds. The third-order valence-electron chi connectivity index (χ3n) is 1.57. The molecule has 1 aromatic rings. The van der Waals surface area contributed by atoms with E-state index in [0.717, 1.165) is 5.69 Å². The van der Waals surface area contributed by atoms with Gasteiger partial charge in [0.15, 0.2) is 0 Å². The summed E-state index contributed by atoms with van der Waals surface area (Å²) < 4.78 is 0. The molecule has 0 saturated carbocycles. The van der Waals surface area contributed by atoms with Crippen molar-refractivity contribution < 1.29 is 4.92 Å². The highest BCUT2D eigenvalue weighted by molar-refractivity contribution is 5.30. The van der Waals surface area contributed by atoms with Crippen LogP contribution in [0.4, 0.5) is 5.69 Å². The van der Waals surface area contributed by atoms with Crippen LogP contribution in [0.15, 0.2) is 18.3 Å². The standard InChI is InChI=1S/C8H10N2O2/c1-6(2)8-5-7(10(11)12)3-4-9-8/h3-6H,1-2H3. The van der Waals surface area contributed by atoms with Crippen LogP contribution in [-0.4, -0.2) is 9.91 Å². The first-order valence-electron chi connectivity index (χ1n) is 3.71. The zero-order valence-corrected chi connectivity index (χ0v) is 7.02. The third-order valence-corrected chi connectivity index (χ3v) is 1.57. The van der Waals surface area contributed by atoms with Crippen LogP contribution in [0.3, 0.4) is 0 Å². The minimum atomic E-state index is -0.409. The normalized spacial score (nSPS) is 10.2. The lowest BCUT2D eigenvalue weighted by molar-refractivity contribution is -0.385. The molecule has 0 aliphatic rings. The summed E-state index contributed by atoms with van der Waals surface area (Å²) in [7, 11) is 0. The Hall–Kier alpha value is -1.45. The van der Waals surface area contributed by atoms with Gasteiger partial charge >= 0.3 is 0 Å². The number of hydrogen-bond donors (Lipinski definition) is 0. The number of nitrogens with zero attached hydrogens (tertiary/aromatic N) is 2. The molecule has 0 aliphatic heterocycles. The van der Waals surface area contributed by atoms with Crippen molar-refractivity contribution in [2.45, 2.75) is 19.8 Å². The summed E-state index contributed by atoms with van der Waals surface area (Å²) in [4.78, 5) is 14.0. The van der Waals surface area contributed by atoms with E-state index in [9.17, 15) is 10.1 Å². The number of nitro groups is 1. The van der Waals surface area contributed by atoms with Crippen molar-refractivity contribution in [1.82, 2.24) is 4.98 Å². The molecular formula is C8H10N2O2. The highest BCUT2D eigenvalue weighted by Crippen LogP contribution is 2.16. The van der Waals surface area contributed by atoms with E-state index >= 15 is 0 Å². The van der Waals surface area contributed by atoms with Crippen molar-refractivity contribution in [3.8, 4) is 0 Å². The molecule has 0 saturated heterocycles. The Morgan fingerprint density at radius 2 is 2.25 bits per heavy atom. The van der Waals surface area contributed by atoms with Crippen molar-refractivity contribution in [3.63, 3.8) is 0 Å². The van der Waals surface area contributed by atoms with Crippen LogP contribution in [0.1, 0.15) is 25.5 Å². The molecule has 4 nitrogen and oxygen atoms in total. The van der Waals surface area contributed by atoms with E-state index in [1.54, 1.807) is 0 Å². The van der Waals surface area contributed by atoms with Crippen LogP contribution in [0, 0.1) is 10.1 Å². The SMILES string of the molecule is CC(C)c1cc([N+](=O)[O-])ccn1. The fourth-order valence-corrected chi connectivity index (χ4v) is 0.866. The molecule has 64 valence electrons. The zero-order chi connectivity index (χ0) is 9.14. The van der Waals surface area contributed by atoms with Crippen LogP contribution in [0.25, 0.3) is 0 Å². The molecule has 12 heavy (non-hydrogen) atoms. The Balaban J connectivity index is 3.04. The maximum atomic E-state index is 10.4. The van der Waals surface area contributed by atoms with E-state index in [4.69, 9.17) is 0 Å². The quantitative estimate of drug-likeness (QED) is 0.499. The lowest BCUT2D eigenvalue weighted by Gasteiger charge is -2.01. The molecule has 0 unspecified atom stereocenters. The Morgan fingerprint density at radius 3 is 2.75 bits per heavy atom. The number of rotatable bonds is 2. The van der Waals surface area contributed by atoms with Gasteiger partial charge in [-0.3, -0.25) is 15.1 Å². The van der Waals surface area contributed by atoms with Gasteiger partial charge < -0.3 is 0 Å². The van der Waals surface area contributed by atoms with Gasteiger partial charge in [0.25, 0.3) is 5.69 Å². The zero-order valence-electron chi connectivity index (χ0n) is 7.02. The van der Waals surface area contributed by atoms with Gasteiger partial charge in [-0.25, -0.2) is 0 Å². The largest absolute Gasteiger partial charge is 0.272 e. The number of aromatic nitrogens is 1. The van der Waals surface area contributed by atoms with E-state index in [-0.39, 0.29) is 11.6 Å². The van der Waals surface area contributed by atoms with Gasteiger partial charge in [-0.1, -0.05) is 13.8 Å². The van der Waals surface area contributed by atoms with Crippen molar-refractivity contribution in [3.05, 3.63) is 34.1 Å². The highest BCUT2D eigenvalue weighted by atomic mass is 16.6. The van der Waals surface area contributed by atoms with Gasteiger partial charge in [-0.15, -0.1) is 0 Å². The molecule has 1 rings (SSSR count). The summed E-state index contributed by atoms with van der Waals surface area (Å²) in [5.41, 5.74) is 0.859. The summed E-state index contributed by atoms with van der Waals surface area (Å²) in [6, 6.07) is 2.90. The fraction of sp³-hybridized carbons (Fsp3) is 0.375. The van der Waals surface area contributed by atoms with Gasteiger partial charge in [0.2, 0.25) is 0 Å². The van der Waals surface area contributed by atoms with Crippen molar-refractivity contribution in [2.24, 2.45) is 0 Å². The van der Waals surface area contributed by atoms with E-state index < -0.39 is 4.92 Å². The van der Waals surface area contributed by atoms with Gasteiger partial charge in [-0.2, -0.15) is 0 Å². The Morgan fingerprint density at radius 1 is 1.58 bits per heavy atom. The summed E-state index contributed by atoms with van der Waals surface area (Å²) in [6.07, 6.45) is 1.47. The van der Waals surface area contributed by atoms with Gasteiger partial charge in [0.1, 0.15) is 0 Å². The summed E-state index contributed by atoms with van der Waals surface area (Å²) >= 11 is 0. The first kappa shape index (κ1) is 8.64. The van der Waals surface area contributed by atoms with Crippen LogP contribution in [0.5, 0.6) is 0 Å². The minimum Gasteiger partial charge on any atom is -0.261 e. The minimum absolute atomic E-state index is 0.105. The smallest absolute Gasteiger partial charge is 0.261 e. The third kappa shape index (κ3) is 1.78. The highest BCUT2D eigenvalue weighted by Gasteiger charge is 2.08. The monoisotopic (exact) mass is 166 g/mol. The molecule has 0 aromatic carbocycles. The van der Waals surface area contributed by atoms with E-state index in [2.05, 4.69) is 4.98 Å². The molecule has 0 spiro atoms. The number of pyridine rings is 1. The predicted molar refractivity (Wildman–Crippen MR) is 45.0 cm³/mol. The molecule has 0 aliphatic carbocycles. The lowest BCUT2D eigenvalue weighted by atomic mass is 10.1. The van der Waals surface area contributed by atoms with Gasteiger partial charge in [0, 0.05) is 24.0 Å². The van der Waals surface area contributed by atoms with E-state index in [1.165, 1.54) is 18.3 Å². The van der Waals surface area contributed by atoms with Crippen LogP contribution in [-0.2, 0) is 0 Å². The molecule has 4 heteroatoms. The topological polar surface area (TPSA) is 56.0 Å². The Kier molecular flexibility index (Phi) is 2.38. The van der Waals surface area contributed by atoms with Crippen molar-refractivity contribution >= 4 is 5.69 Å². The molecule has 0 radical (unpaired) electrons. The second-order valence-corrected chi connectivity index (χ2v) is 2.85. The van der Waals surface area contributed by atoms with Crippen LogP contribution in [0.2, 0.25) is 0 Å². The average Bonchev–Trinajstić information content (AvgIpc) is 2.04. The second kappa shape index (κ2) is 3.30. The molecular weight excluding hydrogens is 156 g/mol. The van der Waals surface area contributed by atoms with Gasteiger partial charge in [0.05, 0.1) is 4.92 Å². The average molecular weight is 166 g/mol. The Bertz CT molecular complexity index is 297. The number of hydrogen-bond acceptors (Lipinski definition) is 3. The van der Waals surface area contributed by atoms with Crippen LogP contribution >= 0.6 is 0 Å². The molecule has 1 heterocycles.